The van der Waals surface area contributed by atoms with Gasteiger partial charge in [0.05, 0.1) is 6.61 Å². The molecule has 0 heterocycles. The summed E-state index contributed by atoms with van der Waals surface area (Å²) in [6.07, 6.45) is 0. The van der Waals surface area contributed by atoms with E-state index in [0.29, 0.717) is 0 Å². The van der Waals surface area contributed by atoms with Crippen LogP contribution in [-0.4, -0.2) is 35.1 Å². The first-order chi connectivity index (χ1) is 7.99. The van der Waals surface area contributed by atoms with Crippen molar-refractivity contribution in [2.75, 3.05) is 13.2 Å². The molecular weight excluding hydrogens is 228 g/mol. The van der Waals surface area contributed by atoms with Crippen LogP contribution in [-0.2, 0) is 0 Å². The Bertz CT molecular complexity index is 387. The fourth-order valence-electron chi connectivity index (χ4n) is 1.55. The Balaban J connectivity index is 3.09. The van der Waals surface area contributed by atoms with Crippen LogP contribution >= 0.6 is 0 Å². The summed E-state index contributed by atoms with van der Waals surface area (Å²) in [5.74, 6) is -2.53. The van der Waals surface area contributed by atoms with E-state index in [9.17, 15) is 13.6 Å². The summed E-state index contributed by atoms with van der Waals surface area (Å²) in [4.78, 5) is 13.2. The number of hydrogen-bond acceptors (Lipinski definition) is 2. The number of amides is 1. The van der Waals surface area contributed by atoms with Crippen LogP contribution in [0, 0.1) is 11.6 Å². The maximum Gasteiger partial charge on any atom is 0.260 e. The lowest BCUT2D eigenvalue weighted by Gasteiger charge is -2.26. The summed E-state index contributed by atoms with van der Waals surface area (Å²) < 4.78 is 26.8. The molecule has 0 aromatic heterocycles. The van der Waals surface area contributed by atoms with Crippen molar-refractivity contribution in [1.29, 1.82) is 0 Å². The van der Waals surface area contributed by atoms with E-state index < -0.39 is 23.1 Å². The second-order valence-corrected chi connectivity index (χ2v) is 3.91. The highest BCUT2D eigenvalue weighted by atomic mass is 19.1. The van der Waals surface area contributed by atoms with Gasteiger partial charge in [0, 0.05) is 12.6 Å². The fraction of sp³-hybridized carbons (Fsp3) is 0.417. The van der Waals surface area contributed by atoms with Gasteiger partial charge in [-0.3, -0.25) is 4.79 Å². The summed E-state index contributed by atoms with van der Waals surface area (Å²) in [6, 6.07) is 3.03. The minimum atomic E-state index is -0.890. The summed E-state index contributed by atoms with van der Waals surface area (Å²) in [5.41, 5.74) is -0.574. The SMILES string of the molecule is CC(C)N(CCO)C(=O)c1c(F)cccc1F. The average Bonchev–Trinajstić information content (AvgIpc) is 2.24. The maximum atomic E-state index is 13.4. The minimum absolute atomic E-state index is 0.0459. The number of benzene rings is 1. The van der Waals surface area contributed by atoms with Gasteiger partial charge in [0.2, 0.25) is 0 Å². The Labute approximate surface area is 98.7 Å². The molecule has 94 valence electrons. The molecule has 17 heavy (non-hydrogen) atoms. The first-order valence-electron chi connectivity index (χ1n) is 5.35. The quantitative estimate of drug-likeness (QED) is 0.876. The van der Waals surface area contributed by atoms with Gasteiger partial charge in [-0.1, -0.05) is 6.07 Å². The van der Waals surface area contributed by atoms with E-state index >= 15 is 0 Å². The molecule has 5 heteroatoms. The smallest absolute Gasteiger partial charge is 0.260 e. The Kier molecular flexibility index (Phi) is 4.57. The van der Waals surface area contributed by atoms with Crippen LogP contribution < -0.4 is 0 Å². The van der Waals surface area contributed by atoms with Crippen LogP contribution in [0.1, 0.15) is 24.2 Å². The zero-order valence-electron chi connectivity index (χ0n) is 9.78. The van der Waals surface area contributed by atoms with Gasteiger partial charge in [-0.05, 0) is 26.0 Å². The largest absolute Gasteiger partial charge is 0.395 e. The molecule has 1 rings (SSSR count). The van der Waals surface area contributed by atoms with E-state index in [1.807, 2.05) is 0 Å². The molecule has 0 spiro atoms. The number of halogens is 2. The molecule has 0 unspecified atom stereocenters. The van der Waals surface area contributed by atoms with Gasteiger partial charge in [-0.2, -0.15) is 0 Å². The summed E-state index contributed by atoms with van der Waals surface area (Å²) in [5, 5.41) is 8.84. The lowest BCUT2D eigenvalue weighted by Crippen LogP contribution is -2.39. The highest BCUT2D eigenvalue weighted by Gasteiger charge is 2.24. The molecule has 0 atom stereocenters. The monoisotopic (exact) mass is 243 g/mol. The number of aliphatic hydroxyl groups is 1. The third kappa shape index (κ3) is 3.00. The number of nitrogens with zero attached hydrogens (tertiary/aromatic N) is 1. The molecule has 0 radical (unpaired) electrons. The van der Waals surface area contributed by atoms with Crippen molar-refractivity contribution in [3.05, 3.63) is 35.4 Å². The van der Waals surface area contributed by atoms with Crippen LogP contribution in [0.15, 0.2) is 18.2 Å². The van der Waals surface area contributed by atoms with E-state index in [0.717, 1.165) is 12.1 Å². The average molecular weight is 243 g/mol. The van der Waals surface area contributed by atoms with Gasteiger partial charge in [-0.15, -0.1) is 0 Å². The van der Waals surface area contributed by atoms with E-state index in [1.165, 1.54) is 11.0 Å². The molecule has 0 bridgehead atoms. The van der Waals surface area contributed by atoms with Gasteiger partial charge in [-0.25, -0.2) is 8.78 Å². The van der Waals surface area contributed by atoms with Gasteiger partial charge >= 0.3 is 0 Å². The Morgan fingerprint density at radius 3 is 2.29 bits per heavy atom. The van der Waals surface area contributed by atoms with Crippen molar-refractivity contribution < 1.29 is 18.7 Å². The minimum Gasteiger partial charge on any atom is -0.395 e. The van der Waals surface area contributed by atoms with Crippen molar-refractivity contribution in [3.8, 4) is 0 Å². The normalized spacial score (nSPS) is 10.7. The van der Waals surface area contributed by atoms with Crippen LogP contribution in [0.25, 0.3) is 0 Å². The third-order valence-corrected chi connectivity index (χ3v) is 2.40. The van der Waals surface area contributed by atoms with Crippen LogP contribution in [0.5, 0.6) is 0 Å². The zero-order valence-corrected chi connectivity index (χ0v) is 9.78. The Morgan fingerprint density at radius 1 is 1.35 bits per heavy atom. The third-order valence-electron chi connectivity index (χ3n) is 2.40. The van der Waals surface area contributed by atoms with Crippen molar-refractivity contribution in [3.63, 3.8) is 0 Å². The molecule has 0 saturated carbocycles. The van der Waals surface area contributed by atoms with E-state index in [2.05, 4.69) is 0 Å². The maximum absolute atomic E-state index is 13.4. The lowest BCUT2D eigenvalue weighted by molar-refractivity contribution is 0.0655. The van der Waals surface area contributed by atoms with Crippen molar-refractivity contribution >= 4 is 5.91 Å². The number of carbonyl (C=O) groups is 1. The highest BCUT2D eigenvalue weighted by molar-refractivity contribution is 5.95. The van der Waals surface area contributed by atoms with Crippen molar-refractivity contribution in [2.24, 2.45) is 0 Å². The Morgan fingerprint density at radius 2 is 1.88 bits per heavy atom. The topological polar surface area (TPSA) is 40.5 Å². The number of aliphatic hydroxyl groups excluding tert-OH is 1. The lowest BCUT2D eigenvalue weighted by atomic mass is 10.1. The van der Waals surface area contributed by atoms with Crippen LogP contribution in [0.3, 0.4) is 0 Å². The summed E-state index contributed by atoms with van der Waals surface area (Å²) in [6.45, 7) is 3.23. The molecule has 0 fully saturated rings. The standard InChI is InChI=1S/C12H15F2NO2/c1-8(2)15(6-7-16)12(17)11-9(13)4-3-5-10(11)14/h3-5,8,16H,6-7H2,1-2H3. The Hall–Kier alpha value is -1.49. The molecule has 1 aromatic rings. The first-order valence-corrected chi connectivity index (χ1v) is 5.35. The first kappa shape index (κ1) is 13.6. The van der Waals surface area contributed by atoms with Gasteiger partial charge < -0.3 is 10.0 Å². The zero-order chi connectivity index (χ0) is 13.0. The van der Waals surface area contributed by atoms with Crippen molar-refractivity contribution in [2.45, 2.75) is 19.9 Å². The molecule has 0 saturated heterocycles. The van der Waals surface area contributed by atoms with E-state index in [1.54, 1.807) is 13.8 Å². The van der Waals surface area contributed by atoms with E-state index in [4.69, 9.17) is 5.11 Å². The second-order valence-electron chi connectivity index (χ2n) is 3.91. The summed E-state index contributed by atoms with van der Waals surface area (Å²) in [7, 11) is 0. The van der Waals surface area contributed by atoms with Gasteiger partial charge in [0.25, 0.3) is 5.91 Å². The molecule has 1 aromatic carbocycles. The van der Waals surface area contributed by atoms with Crippen LogP contribution in [0.4, 0.5) is 8.78 Å². The second kappa shape index (κ2) is 5.72. The fourth-order valence-corrected chi connectivity index (χ4v) is 1.55. The predicted octanol–water partition coefficient (Wildman–Crippen LogP) is 1.81. The molecular formula is C12H15F2NO2. The molecule has 0 aliphatic carbocycles. The predicted molar refractivity (Wildman–Crippen MR) is 59.6 cm³/mol. The number of rotatable bonds is 4. The summed E-state index contributed by atoms with van der Waals surface area (Å²) >= 11 is 0. The number of hydrogen-bond donors (Lipinski definition) is 1. The molecule has 0 aliphatic rings. The molecule has 1 N–H and O–H groups in total. The van der Waals surface area contributed by atoms with E-state index in [-0.39, 0.29) is 19.2 Å². The molecule has 3 nitrogen and oxygen atoms in total. The number of carbonyl (C=O) groups excluding carboxylic acids is 1. The highest BCUT2D eigenvalue weighted by Crippen LogP contribution is 2.16. The van der Waals surface area contributed by atoms with Crippen LogP contribution in [0.2, 0.25) is 0 Å². The molecule has 1 amide bonds. The molecule has 0 aliphatic heterocycles. The van der Waals surface area contributed by atoms with Gasteiger partial charge in [0.1, 0.15) is 17.2 Å². The van der Waals surface area contributed by atoms with Crippen molar-refractivity contribution in [1.82, 2.24) is 4.90 Å². The van der Waals surface area contributed by atoms with Gasteiger partial charge in [0.15, 0.2) is 0 Å².